The van der Waals surface area contributed by atoms with Crippen molar-refractivity contribution in [1.29, 1.82) is 0 Å². The average Bonchev–Trinajstić information content (AvgIpc) is 2.99. The molecule has 0 spiro atoms. The Morgan fingerprint density at radius 3 is 3.22 bits per heavy atom. The molecule has 4 nitrogen and oxygen atoms in total. The van der Waals surface area contributed by atoms with E-state index in [0.717, 1.165) is 24.9 Å². The van der Waals surface area contributed by atoms with E-state index < -0.39 is 0 Å². The largest absolute Gasteiger partial charge is 0.468 e. The lowest BCUT2D eigenvalue weighted by Gasteiger charge is -2.37. The number of piperazine rings is 1. The van der Waals surface area contributed by atoms with Crippen molar-refractivity contribution in [3.05, 3.63) is 23.7 Å². The maximum Gasteiger partial charge on any atom is 0.122 e. The number of hydrogen-bond acceptors (Lipinski definition) is 4. The van der Waals surface area contributed by atoms with Gasteiger partial charge >= 0.3 is 0 Å². The fraction of sp³-hybridized carbons (Fsp3) is 0.714. The van der Waals surface area contributed by atoms with Gasteiger partial charge in [-0.15, -0.1) is 0 Å². The Kier molecular flexibility index (Phi) is 3.68. The Morgan fingerprint density at radius 1 is 1.39 bits per heavy atom. The summed E-state index contributed by atoms with van der Waals surface area (Å²) in [6, 6.07) is 2.87. The van der Waals surface area contributed by atoms with Crippen molar-refractivity contribution < 1.29 is 4.42 Å². The van der Waals surface area contributed by atoms with Crippen LogP contribution in [-0.2, 0) is 13.1 Å². The molecule has 0 aliphatic carbocycles. The highest BCUT2D eigenvalue weighted by Crippen LogP contribution is 2.23. The molecule has 1 aromatic rings. The van der Waals surface area contributed by atoms with E-state index in [0.29, 0.717) is 0 Å². The van der Waals surface area contributed by atoms with E-state index in [1.807, 2.05) is 13.3 Å². The first-order valence-electron chi connectivity index (χ1n) is 7.03. The van der Waals surface area contributed by atoms with Gasteiger partial charge in [-0.2, -0.15) is 0 Å². The molecule has 100 valence electrons. The second kappa shape index (κ2) is 5.43. The van der Waals surface area contributed by atoms with Gasteiger partial charge in [-0.05, 0) is 32.5 Å². The van der Waals surface area contributed by atoms with Crippen molar-refractivity contribution in [2.45, 2.75) is 32.0 Å². The van der Waals surface area contributed by atoms with Crippen LogP contribution in [-0.4, -0.2) is 49.1 Å². The van der Waals surface area contributed by atoms with Gasteiger partial charge in [-0.1, -0.05) is 0 Å². The van der Waals surface area contributed by atoms with E-state index in [1.165, 1.54) is 44.6 Å². The lowest BCUT2D eigenvalue weighted by Crippen LogP contribution is -2.49. The van der Waals surface area contributed by atoms with Crippen LogP contribution in [0.2, 0.25) is 0 Å². The molecule has 1 aromatic heterocycles. The standard InChI is InChI=1S/C14H23N3O/c1-15-9-12-4-8-18-14(12)11-16-6-7-17-5-2-3-13(17)10-16/h4,8,13,15H,2-3,5-7,9-11H2,1H3. The van der Waals surface area contributed by atoms with Gasteiger partial charge in [0.05, 0.1) is 12.8 Å². The molecule has 0 bridgehead atoms. The summed E-state index contributed by atoms with van der Waals surface area (Å²) in [7, 11) is 1.98. The van der Waals surface area contributed by atoms with Gasteiger partial charge < -0.3 is 9.73 Å². The number of fused-ring (bicyclic) bond motifs is 1. The van der Waals surface area contributed by atoms with Gasteiger partial charge in [0.15, 0.2) is 0 Å². The highest BCUT2D eigenvalue weighted by molar-refractivity contribution is 5.16. The van der Waals surface area contributed by atoms with Crippen LogP contribution in [0.25, 0.3) is 0 Å². The van der Waals surface area contributed by atoms with Gasteiger partial charge in [-0.3, -0.25) is 9.80 Å². The maximum absolute atomic E-state index is 5.64. The zero-order valence-corrected chi connectivity index (χ0v) is 11.2. The summed E-state index contributed by atoms with van der Waals surface area (Å²) in [6.45, 7) is 6.79. The number of nitrogens with one attached hydrogen (secondary N) is 1. The lowest BCUT2D eigenvalue weighted by atomic mass is 10.1. The molecule has 1 atom stereocenters. The third kappa shape index (κ3) is 2.46. The van der Waals surface area contributed by atoms with Crippen LogP contribution in [0.3, 0.4) is 0 Å². The maximum atomic E-state index is 5.64. The summed E-state index contributed by atoms with van der Waals surface area (Å²) < 4.78 is 5.64. The van der Waals surface area contributed by atoms with Crippen molar-refractivity contribution in [2.75, 3.05) is 33.2 Å². The molecule has 3 rings (SSSR count). The molecule has 2 saturated heterocycles. The minimum atomic E-state index is 0.793. The molecule has 0 saturated carbocycles. The summed E-state index contributed by atoms with van der Waals surface area (Å²) in [5.74, 6) is 1.13. The van der Waals surface area contributed by atoms with Gasteiger partial charge in [0.25, 0.3) is 0 Å². The van der Waals surface area contributed by atoms with Gasteiger partial charge in [0.2, 0.25) is 0 Å². The Bertz CT molecular complexity index is 390. The summed E-state index contributed by atoms with van der Waals surface area (Å²) in [6.07, 6.45) is 4.57. The van der Waals surface area contributed by atoms with E-state index in [1.54, 1.807) is 0 Å². The van der Waals surface area contributed by atoms with Gasteiger partial charge in [0.1, 0.15) is 5.76 Å². The van der Waals surface area contributed by atoms with E-state index in [4.69, 9.17) is 4.42 Å². The smallest absolute Gasteiger partial charge is 0.122 e. The van der Waals surface area contributed by atoms with E-state index in [9.17, 15) is 0 Å². The quantitative estimate of drug-likeness (QED) is 0.871. The predicted octanol–water partition coefficient (Wildman–Crippen LogP) is 1.28. The Balaban J connectivity index is 1.60. The highest BCUT2D eigenvalue weighted by atomic mass is 16.3. The molecule has 0 amide bonds. The highest BCUT2D eigenvalue weighted by Gasteiger charge is 2.30. The summed E-state index contributed by atoms with van der Waals surface area (Å²) in [4.78, 5) is 5.19. The zero-order valence-electron chi connectivity index (χ0n) is 11.2. The van der Waals surface area contributed by atoms with Crippen LogP contribution in [0, 0.1) is 0 Å². The third-order valence-corrected chi connectivity index (χ3v) is 4.24. The fourth-order valence-electron chi connectivity index (χ4n) is 3.26. The van der Waals surface area contributed by atoms with Crippen LogP contribution < -0.4 is 5.32 Å². The monoisotopic (exact) mass is 249 g/mol. The van der Waals surface area contributed by atoms with Crippen LogP contribution in [0.4, 0.5) is 0 Å². The number of nitrogens with zero attached hydrogens (tertiary/aromatic N) is 2. The average molecular weight is 249 g/mol. The Labute approximate surface area is 109 Å². The van der Waals surface area contributed by atoms with Crippen molar-refractivity contribution in [3.63, 3.8) is 0 Å². The van der Waals surface area contributed by atoms with Crippen molar-refractivity contribution in [3.8, 4) is 0 Å². The molecule has 1 unspecified atom stereocenters. The summed E-state index contributed by atoms with van der Waals surface area (Å²) in [5, 5.41) is 3.20. The van der Waals surface area contributed by atoms with Gasteiger partial charge in [-0.25, -0.2) is 0 Å². The number of hydrogen-bond donors (Lipinski definition) is 1. The molecule has 0 aromatic carbocycles. The molecule has 3 heterocycles. The van der Waals surface area contributed by atoms with E-state index in [-0.39, 0.29) is 0 Å². The van der Waals surface area contributed by atoms with Gasteiger partial charge in [0, 0.05) is 37.8 Å². The second-order valence-electron chi connectivity index (χ2n) is 5.47. The second-order valence-corrected chi connectivity index (χ2v) is 5.47. The van der Waals surface area contributed by atoms with Crippen molar-refractivity contribution in [2.24, 2.45) is 0 Å². The van der Waals surface area contributed by atoms with Crippen molar-refractivity contribution in [1.82, 2.24) is 15.1 Å². The molecule has 2 aliphatic heterocycles. The molecular weight excluding hydrogens is 226 g/mol. The first-order valence-corrected chi connectivity index (χ1v) is 7.03. The summed E-state index contributed by atoms with van der Waals surface area (Å²) >= 11 is 0. The first-order chi connectivity index (χ1) is 8.86. The molecule has 2 fully saturated rings. The van der Waals surface area contributed by atoms with Crippen LogP contribution in [0.15, 0.2) is 16.7 Å². The lowest BCUT2D eigenvalue weighted by molar-refractivity contribution is 0.0938. The minimum absolute atomic E-state index is 0.793. The number of furan rings is 1. The molecule has 1 N–H and O–H groups in total. The Hall–Kier alpha value is -0.840. The Morgan fingerprint density at radius 2 is 2.33 bits per heavy atom. The summed E-state index contributed by atoms with van der Waals surface area (Å²) in [5.41, 5.74) is 1.30. The van der Waals surface area contributed by atoms with E-state index in [2.05, 4.69) is 21.2 Å². The molecular formula is C14H23N3O. The van der Waals surface area contributed by atoms with Crippen molar-refractivity contribution >= 4 is 0 Å². The molecule has 2 aliphatic rings. The molecule has 18 heavy (non-hydrogen) atoms. The molecule has 4 heteroatoms. The van der Waals surface area contributed by atoms with E-state index >= 15 is 0 Å². The van der Waals surface area contributed by atoms with Crippen LogP contribution in [0.5, 0.6) is 0 Å². The van der Waals surface area contributed by atoms with Crippen LogP contribution in [0.1, 0.15) is 24.2 Å². The topological polar surface area (TPSA) is 31.7 Å². The first kappa shape index (κ1) is 12.2. The fourth-order valence-corrected chi connectivity index (χ4v) is 3.26. The third-order valence-electron chi connectivity index (χ3n) is 4.24. The minimum Gasteiger partial charge on any atom is -0.468 e. The normalized spacial score (nSPS) is 25.5. The molecule has 0 radical (unpaired) electrons. The number of rotatable bonds is 4. The van der Waals surface area contributed by atoms with Crippen LogP contribution >= 0.6 is 0 Å². The predicted molar refractivity (Wildman–Crippen MR) is 71.3 cm³/mol. The SMILES string of the molecule is CNCc1ccoc1CN1CCN2CCCC2C1. The zero-order chi connectivity index (χ0) is 12.4.